The highest BCUT2D eigenvalue weighted by Crippen LogP contribution is 2.30. The third-order valence-corrected chi connectivity index (χ3v) is 4.23. The minimum absolute atomic E-state index is 0.0273. The van der Waals surface area contributed by atoms with E-state index < -0.39 is 18.0 Å². The highest BCUT2D eigenvalue weighted by molar-refractivity contribution is 6.06. The van der Waals surface area contributed by atoms with Gasteiger partial charge in [0.25, 0.3) is 5.91 Å². The van der Waals surface area contributed by atoms with Gasteiger partial charge < -0.3 is 23.6 Å². The van der Waals surface area contributed by atoms with E-state index in [0.29, 0.717) is 18.2 Å². The Labute approximate surface area is 189 Å². The van der Waals surface area contributed by atoms with E-state index >= 15 is 0 Å². The maximum atomic E-state index is 12.8. The molecule has 0 aliphatic rings. The van der Waals surface area contributed by atoms with Crippen molar-refractivity contribution in [3.05, 3.63) is 59.9 Å². The van der Waals surface area contributed by atoms with Crippen molar-refractivity contribution >= 4 is 11.7 Å². The van der Waals surface area contributed by atoms with Crippen LogP contribution in [-0.2, 0) is 17.9 Å². The molecule has 0 unspecified atom stereocenters. The lowest BCUT2D eigenvalue weighted by molar-refractivity contribution is -0.274. The molecule has 1 aromatic carbocycles. The van der Waals surface area contributed by atoms with Crippen LogP contribution in [-0.4, -0.2) is 44.3 Å². The highest BCUT2D eigenvalue weighted by Gasteiger charge is 2.31. The number of alkyl halides is 3. The number of nitrogens with one attached hydrogen (secondary N) is 1. The number of benzene rings is 1. The normalized spacial score (nSPS) is 11.6. The average Bonchev–Trinajstić information content (AvgIpc) is 3.48. The number of aryl methyl sites for hydroxylation is 1. The van der Waals surface area contributed by atoms with Gasteiger partial charge in [-0.15, -0.1) is 18.3 Å². The molecular weight excluding hydrogens is 461 g/mol. The molecule has 3 aromatic heterocycles. The van der Waals surface area contributed by atoms with Crippen LogP contribution in [0.3, 0.4) is 0 Å². The van der Waals surface area contributed by atoms with E-state index in [0.717, 1.165) is 12.1 Å². The van der Waals surface area contributed by atoms with Crippen LogP contribution < -0.4 is 10.1 Å². The summed E-state index contributed by atoms with van der Waals surface area (Å²) in [6.45, 7) is 1.91. The summed E-state index contributed by atoms with van der Waals surface area (Å²) >= 11 is 0. The van der Waals surface area contributed by atoms with Gasteiger partial charge in [0, 0.05) is 19.6 Å². The zero-order valence-electron chi connectivity index (χ0n) is 17.8. The molecule has 34 heavy (non-hydrogen) atoms. The Bertz CT molecular complexity index is 1300. The molecule has 4 aromatic rings. The van der Waals surface area contributed by atoms with E-state index in [4.69, 9.17) is 13.6 Å². The van der Waals surface area contributed by atoms with Gasteiger partial charge in [0.15, 0.2) is 23.2 Å². The summed E-state index contributed by atoms with van der Waals surface area (Å²) < 4.78 is 57.3. The SMILES string of the molecule is COCc1coc(Cn2ncc(NC(=O)c3nc(C)oc3-c3cccc(OC(F)(F)F)c3)n2)n1. The van der Waals surface area contributed by atoms with Crippen LogP contribution in [0.25, 0.3) is 11.3 Å². The number of anilines is 1. The van der Waals surface area contributed by atoms with Gasteiger partial charge in [-0.05, 0) is 12.1 Å². The maximum absolute atomic E-state index is 12.8. The van der Waals surface area contributed by atoms with Gasteiger partial charge in [0.1, 0.15) is 24.3 Å². The first-order valence-corrected chi connectivity index (χ1v) is 9.67. The molecule has 0 aliphatic carbocycles. The van der Waals surface area contributed by atoms with Crippen molar-refractivity contribution < 1.29 is 36.3 Å². The largest absolute Gasteiger partial charge is 0.573 e. The quantitative estimate of drug-likeness (QED) is 0.404. The number of hydrogen-bond acceptors (Lipinski definition) is 9. The van der Waals surface area contributed by atoms with Crippen LogP contribution in [0.5, 0.6) is 5.75 Å². The summed E-state index contributed by atoms with van der Waals surface area (Å²) in [5.74, 6) is -0.597. The molecular formula is C20H17F3N6O5. The van der Waals surface area contributed by atoms with Crippen molar-refractivity contribution in [3.8, 4) is 17.1 Å². The number of halogens is 3. The average molecular weight is 478 g/mol. The smallest absolute Gasteiger partial charge is 0.446 e. The highest BCUT2D eigenvalue weighted by atomic mass is 19.4. The van der Waals surface area contributed by atoms with Gasteiger partial charge in [-0.3, -0.25) is 4.79 Å². The minimum atomic E-state index is -4.86. The number of carbonyl (C=O) groups excluding carboxylic acids is 1. The summed E-state index contributed by atoms with van der Waals surface area (Å²) in [4.78, 5) is 22.3. The van der Waals surface area contributed by atoms with Crippen LogP contribution in [0.1, 0.15) is 28.0 Å². The number of oxazole rings is 2. The van der Waals surface area contributed by atoms with Crippen LogP contribution in [0.15, 0.2) is 45.6 Å². The van der Waals surface area contributed by atoms with E-state index in [9.17, 15) is 18.0 Å². The van der Waals surface area contributed by atoms with Crippen molar-refractivity contribution in [2.24, 2.45) is 0 Å². The minimum Gasteiger partial charge on any atom is -0.446 e. The van der Waals surface area contributed by atoms with E-state index in [-0.39, 0.29) is 35.3 Å². The Morgan fingerprint density at radius 2 is 2.09 bits per heavy atom. The standard InChI is InChI=1S/C20H17F3N6O5/c1-11-25-17(18(33-11)12-4-3-5-14(6-12)34-20(21,22)23)19(30)27-15-7-24-29(28-15)8-16-26-13(9-31-2)10-32-16/h3-7,10H,8-9H2,1-2H3,(H,27,28,30). The third-order valence-electron chi connectivity index (χ3n) is 4.23. The molecule has 0 saturated heterocycles. The zero-order valence-corrected chi connectivity index (χ0v) is 17.8. The van der Waals surface area contributed by atoms with E-state index in [2.05, 4.69) is 30.2 Å². The van der Waals surface area contributed by atoms with Crippen molar-refractivity contribution in [1.29, 1.82) is 0 Å². The lowest BCUT2D eigenvalue weighted by atomic mass is 10.1. The van der Waals surface area contributed by atoms with Gasteiger partial charge >= 0.3 is 6.36 Å². The van der Waals surface area contributed by atoms with Crippen LogP contribution >= 0.6 is 0 Å². The van der Waals surface area contributed by atoms with Crippen LogP contribution in [0.2, 0.25) is 0 Å². The predicted octanol–water partition coefficient (Wildman–Crippen LogP) is 3.58. The first kappa shape index (κ1) is 23.0. The number of methoxy groups -OCH3 is 1. The van der Waals surface area contributed by atoms with Gasteiger partial charge in [0.05, 0.1) is 12.8 Å². The first-order chi connectivity index (χ1) is 16.2. The number of aromatic nitrogens is 5. The van der Waals surface area contributed by atoms with Crippen molar-refractivity contribution in [3.63, 3.8) is 0 Å². The number of ether oxygens (including phenoxy) is 2. The summed E-state index contributed by atoms with van der Waals surface area (Å²) in [6, 6.07) is 5.02. The molecule has 0 radical (unpaired) electrons. The number of hydrogen-bond donors (Lipinski definition) is 1. The number of amides is 1. The fraction of sp³-hybridized carbons (Fsp3) is 0.250. The van der Waals surface area contributed by atoms with Crippen molar-refractivity contribution in [2.75, 3.05) is 12.4 Å². The second-order valence-corrected chi connectivity index (χ2v) is 6.87. The van der Waals surface area contributed by atoms with Gasteiger partial charge in [-0.25, -0.2) is 9.97 Å². The maximum Gasteiger partial charge on any atom is 0.573 e. The predicted molar refractivity (Wildman–Crippen MR) is 108 cm³/mol. The molecule has 0 spiro atoms. The molecule has 0 fully saturated rings. The molecule has 0 saturated carbocycles. The topological polar surface area (TPSA) is 130 Å². The Morgan fingerprint density at radius 3 is 2.85 bits per heavy atom. The summed E-state index contributed by atoms with van der Waals surface area (Å²) in [5.41, 5.74) is 0.636. The zero-order chi connectivity index (χ0) is 24.3. The Hall–Kier alpha value is -4.20. The molecule has 1 amide bonds. The first-order valence-electron chi connectivity index (χ1n) is 9.67. The molecule has 0 atom stereocenters. The molecule has 11 nitrogen and oxygen atoms in total. The Morgan fingerprint density at radius 1 is 1.26 bits per heavy atom. The number of nitrogens with zero attached hydrogens (tertiary/aromatic N) is 5. The van der Waals surface area contributed by atoms with Crippen molar-refractivity contribution in [2.45, 2.75) is 26.4 Å². The Balaban J connectivity index is 1.49. The Kier molecular flexibility index (Phi) is 6.32. The summed E-state index contributed by atoms with van der Waals surface area (Å²) in [7, 11) is 1.53. The van der Waals surface area contributed by atoms with Crippen LogP contribution in [0, 0.1) is 6.92 Å². The van der Waals surface area contributed by atoms with E-state index in [1.165, 1.54) is 43.4 Å². The van der Waals surface area contributed by atoms with Gasteiger partial charge in [-0.1, -0.05) is 12.1 Å². The fourth-order valence-electron chi connectivity index (χ4n) is 2.97. The summed E-state index contributed by atoms with van der Waals surface area (Å²) in [6.07, 6.45) is -2.10. The van der Waals surface area contributed by atoms with Crippen molar-refractivity contribution in [1.82, 2.24) is 25.0 Å². The number of rotatable bonds is 8. The van der Waals surface area contributed by atoms with Gasteiger partial charge in [-0.2, -0.15) is 9.90 Å². The second kappa shape index (κ2) is 9.35. The molecule has 4 rings (SSSR count). The lowest BCUT2D eigenvalue weighted by Crippen LogP contribution is -2.17. The molecule has 178 valence electrons. The lowest BCUT2D eigenvalue weighted by Gasteiger charge is -2.09. The summed E-state index contributed by atoms with van der Waals surface area (Å²) in [5, 5.41) is 10.7. The molecule has 3 heterocycles. The monoisotopic (exact) mass is 478 g/mol. The number of carbonyl (C=O) groups is 1. The third kappa shape index (κ3) is 5.58. The van der Waals surface area contributed by atoms with E-state index in [1.54, 1.807) is 0 Å². The fourth-order valence-corrected chi connectivity index (χ4v) is 2.97. The molecule has 14 heteroatoms. The second-order valence-electron chi connectivity index (χ2n) is 6.87. The molecule has 0 bridgehead atoms. The van der Waals surface area contributed by atoms with Crippen LogP contribution in [0.4, 0.5) is 19.0 Å². The molecule has 0 aliphatic heterocycles. The van der Waals surface area contributed by atoms with E-state index in [1.807, 2.05) is 0 Å². The molecule has 1 N–H and O–H groups in total. The van der Waals surface area contributed by atoms with Gasteiger partial charge in [0.2, 0.25) is 5.89 Å².